The van der Waals surface area contributed by atoms with Gasteiger partial charge in [0.1, 0.15) is 5.75 Å². The Balaban J connectivity index is 2.77. The van der Waals surface area contributed by atoms with Crippen molar-refractivity contribution >= 4 is 17.6 Å². The fourth-order valence-electron chi connectivity index (χ4n) is 1.26. The van der Waals surface area contributed by atoms with E-state index >= 15 is 0 Å². The predicted octanol–water partition coefficient (Wildman–Crippen LogP) is 2.31. The van der Waals surface area contributed by atoms with Gasteiger partial charge >= 0.3 is 0 Å². The molecule has 1 unspecified atom stereocenters. The number of nitrogens with two attached hydrogens (primary N) is 1. The highest BCUT2D eigenvalue weighted by Crippen LogP contribution is 2.28. The first kappa shape index (κ1) is 12.7. The number of ether oxygens (including phenoxy) is 1. The van der Waals surface area contributed by atoms with Gasteiger partial charge in [-0.1, -0.05) is 18.1 Å². The Morgan fingerprint density at radius 2 is 2.38 bits per heavy atom. The normalized spacial score (nSPS) is 13.5. The first-order chi connectivity index (χ1) is 7.71. The van der Waals surface area contributed by atoms with Gasteiger partial charge in [0, 0.05) is 4.90 Å². The van der Waals surface area contributed by atoms with E-state index in [9.17, 15) is 0 Å². The minimum absolute atomic E-state index is 0.0166. The molecule has 1 atom stereocenters. The summed E-state index contributed by atoms with van der Waals surface area (Å²) < 4.78 is 5.13. The molecule has 0 aromatic heterocycles. The van der Waals surface area contributed by atoms with Crippen LogP contribution in [0, 0.1) is 0 Å². The third kappa shape index (κ3) is 3.34. The van der Waals surface area contributed by atoms with Crippen LogP contribution in [0.15, 0.2) is 34.3 Å². The second kappa shape index (κ2) is 6.27. The third-order valence-corrected chi connectivity index (χ3v) is 3.52. The van der Waals surface area contributed by atoms with Crippen molar-refractivity contribution in [3.63, 3.8) is 0 Å². The van der Waals surface area contributed by atoms with Crippen LogP contribution in [0.4, 0.5) is 0 Å². The maximum atomic E-state index is 8.64. The summed E-state index contributed by atoms with van der Waals surface area (Å²) in [6.45, 7) is 2.00. The molecule has 3 N–H and O–H groups in total. The Labute approximate surface area is 99.5 Å². The van der Waals surface area contributed by atoms with E-state index < -0.39 is 0 Å². The number of hydrogen-bond acceptors (Lipinski definition) is 4. The molecule has 0 radical (unpaired) electrons. The Kier molecular flexibility index (Phi) is 4.98. The van der Waals surface area contributed by atoms with E-state index in [1.165, 1.54) is 0 Å². The number of oxime groups is 1. The van der Waals surface area contributed by atoms with Crippen molar-refractivity contribution in [2.45, 2.75) is 23.5 Å². The Morgan fingerprint density at radius 3 is 2.94 bits per heavy atom. The van der Waals surface area contributed by atoms with Crippen LogP contribution >= 0.6 is 11.8 Å². The van der Waals surface area contributed by atoms with E-state index in [4.69, 9.17) is 15.7 Å². The lowest BCUT2D eigenvalue weighted by molar-refractivity contribution is 0.317. The smallest absolute Gasteiger partial charge is 0.152 e. The summed E-state index contributed by atoms with van der Waals surface area (Å²) in [7, 11) is 1.63. The van der Waals surface area contributed by atoms with Gasteiger partial charge in [0.25, 0.3) is 0 Å². The van der Waals surface area contributed by atoms with E-state index in [0.29, 0.717) is 0 Å². The topological polar surface area (TPSA) is 67.8 Å². The second-order valence-electron chi connectivity index (χ2n) is 3.22. The van der Waals surface area contributed by atoms with Crippen molar-refractivity contribution in [1.29, 1.82) is 0 Å². The number of hydrogen-bond donors (Lipinski definition) is 2. The first-order valence-corrected chi connectivity index (χ1v) is 5.87. The third-order valence-electron chi connectivity index (χ3n) is 2.14. The Morgan fingerprint density at radius 1 is 1.62 bits per heavy atom. The van der Waals surface area contributed by atoms with Gasteiger partial charge < -0.3 is 15.7 Å². The Bertz CT molecular complexity index is 369. The summed E-state index contributed by atoms with van der Waals surface area (Å²) in [5.74, 6) is 1.05. The van der Waals surface area contributed by atoms with Crippen molar-refractivity contribution in [3.8, 4) is 5.75 Å². The molecule has 0 spiro atoms. The fraction of sp³-hybridized carbons (Fsp3) is 0.364. The van der Waals surface area contributed by atoms with Gasteiger partial charge in [-0.25, -0.2) is 0 Å². The lowest BCUT2D eigenvalue weighted by Gasteiger charge is -2.13. The molecular weight excluding hydrogens is 224 g/mol. The van der Waals surface area contributed by atoms with Gasteiger partial charge in [0.2, 0.25) is 0 Å². The molecule has 5 heteroatoms. The molecule has 0 aliphatic carbocycles. The molecule has 0 amide bonds. The molecule has 0 saturated heterocycles. The van der Waals surface area contributed by atoms with Gasteiger partial charge in [-0.2, -0.15) is 0 Å². The van der Waals surface area contributed by atoms with Crippen molar-refractivity contribution in [2.75, 3.05) is 7.11 Å². The highest BCUT2D eigenvalue weighted by Gasteiger charge is 2.13. The lowest BCUT2D eigenvalue weighted by Crippen LogP contribution is -2.25. The summed E-state index contributed by atoms with van der Waals surface area (Å²) in [5.41, 5.74) is 5.59. The molecular formula is C11H16N2O2S. The van der Waals surface area contributed by atoms with Crippen LogP contribution in [0.5, 0.6) is 5.75 Å². The van der Waals surface area contributed by atoms with Crippen LogP contribution < -0.4 is 10.5 Å². The molecule has 88 valence electrons. The van der Waals surface area contributed by atoms with Gasteiger partial charge in [-0.3, -0.25) is 0 Å². The van der Waals surface area contributed by atoms with E-state index in [1.807, 2.05) is 31.2 Å². The van der Waals surface area contributed by atoms with E-state index in [2.05, 4.69) is 5.16 Å². The molecule has 1 aromatic carbocycles. The predicted molar refractivity (Wildman–Crippen MR) is 66.3 cm³/mol. The second-order valence-corrected chi connectivity index (χ2v) is 4.49. The summed E-state index contributed by atoms with van der Waals surface area (Å²) >= 11 is 1.56. The van der Waals surface area contributed by atoms with Crippen LogP contribution in [-0.2, 0) is 0 Å². The molecule has 0 aliphatic heterocycles. The summed E-state index contributed by atoms with van der Waals surface area (Å²) in [6.07, 6.45) is 0.803. The largest absolute Gasteiger partial charge is 0.497 e. The number of benzene rings is 1. The minimum atomic E-state index is -0.0166. The van der Waals surface area contributed by atoms with E-state index in [1.54, 1.807) is 18.9 Å². The van der Waals surface area contributed by atoms with Gasteiger partial charge in [-0.05, 0) is 24.6 Å². The standard InChI is InChI=1S/C11H16N2O2S/c1-3-10(11(12)13-14)16-9-6-4-5-8(7-9)15-2/h4-7,10,14H,3H2,1-2H3,(H2,12,13). The van der Waals surface area contributed by atoms with Crippen LogP contribution in [-0.4, -0.2) is 23.4 Å². The zero-order valence-corrected chi connectivity index (χ0v) is 10.2. The minimum Gasteiger partial charge on any atom is -0.497 e. The SMILES string of the molecule is CCC(Sc1cccc(OC)c1)C(N)=NO. The average Bonchev–Trinajstić information content (AvgIpc) is 2.35. The van der Waals surface area contributed by atoms with Gasteiger partial charge in [-0.15, -0.1) is 11.8 Å². The first-order valence-electron chi connectivity index (χ1n) is 4.99. The quantitative estimate of drug-likeness (QED) is 0.272. The maximum Gasteiger partial charge on any atom is 0.152 e. The van der Waals surface area contributed by atoms with E-state index in [-0.39, 0.29) is 11.1 Å². The maximum absolute atomic E-state index is 8.64. The summed E-state index contributed by atoms with van der Waals surface area (Å²) in [5, 5.41) is 11.7. The molecule has 0 aliphatic rings. The van der Waals surface area contributed by atoms with Crippen LogP contribution in [0.2, 0.25) is 0 Å². The van der Waals surface area contributed by atoms with Crippen molar-refractivity contribution in [3.05, 3.63) is 24.3 Å². The van der Waals surface area contributed by atoms with Gasteiger partial charge in [0.05, 0.1) is 12.4 Å². The number of nitrogens with zero attached hydrogens (tertiary/aromatic N) is 1. The fourth-order valence-corrected chi connectivity index (χ4v) is 2.26. The van der Waals surface area contributed by atoms with Crippen molar-refractivity contribution < 1.29 is 9.94 Å². The lowest BCUT2D eigenvalue weighted by atomic mass is 10.3. The molecule has 1 aromatic rings. The Hall–Kier alpha value is -1.36. The molecule has 1 rings (SSSR count). The number of thioether (sulfide) groups is 1. The molecule has 4 nitrogen and oxygen atoms in total. The van der Waals surface area contributed by atoms with Crippen molar-refractivity contribution in [1.82, 2.24) is 0 Å². The molecule has 0 heterocycles. The number of rotatable bonds is 5. The highest BCUT2D eigenvalue weighted by atomic mass is 32.2. The van der Waals surface area contributed by atoms with Gasteiger partial charge in [0.15, 0.2) is 5.84 Å². The van der Waals surface area contributed by atoms with Crippen LogP contribution in [0.1, 0.15) is 13.3 Å². The number of methoxy groups -OCH3 is 1. The monoisotopic (exact) mass is 240 g/mol. The average molecular weight is 240 g/mol. The molecule has 0 fully saturated rings. The molecule has 0 bridgehead atoms. The van der Waals surface area contributed by atoms with Crippen molar-refractivity contribution in [2.24, 2.45) is 10.9 Å². The molecule has 16 heavy (non-hydrogen) atoms. The van der Waals surface area contributed by atoms with Crippen LogP contribution in [0.25, 0.3) is 0 Å². The molecule has 0 saturated carbocycles. The zero-order valence-electron chi connectivity index (χ0n) is 9.38. The summed E-state index contributed by atoms with van der Waals surface area (Å²) in [4.78, 5) is 1.04. The van der Waals surface area contributed by atoms with Crippen LogP contribution in [0.3, 0.4) is 0 Å². The summed E-state index contributed by atoms with van der Waals surface area (Å²) in [6, 6.07) is 7.70. The highest BCUT2D eigenvalue weighted by molar-refractivity contribution is 8.00. The zero-order chi connectivity index (χ0) is 12.0. The van der Waals surface area contributed by atoms with E-state index in [0.717, 1.165) is 17.1 Å². The number of amidine groups is 1.